The smallest absolute Gasteiger partial charge is 0.249 e. The Morgan fingerprint density at radius 1 is 1.00 bits per heavy atom. The van der Waals surface area contributed by atoms with Crippen molar-refractivity contribution < 1.29 is 4.42 Å². The van der Waals surface area contributed by atoms with Crippen LogP contribution in [0.3, 0.4) is 0 Å². The first-order valence-corrected chi connectivity index (χ1v) is 7.16. The maximum Gasteiger partial charge on any atom is 0.249 e. The van der Waals surface area contributed by atoms with Crippen molar-refractivity contribution in [3.63, 3.8) is 0 Å². The summed E-state index contributed by atoms with van der Waals surface area (Å²) in [5.41, 5.74) is 2.70. The minimum Gasteiger partial charge on any atom is -0.419 e. The van der Waals surface area contributed by atoms with Gasteiger partial charge in [-0.1, -0.05) is 35.9 Å². The van der Waals surface area contributed by atoms with Gasteiger partial charge in [0, 0.05) is 0 Å². The van der Waals surface area contributed by atoms with Crippen LogP contribution in [0.15, 0.2) is 59.3 Å². The second kappa shape index (κ2) is 5.27. The van der Waals surface area contributed by atoms with Gasteiger partial charge in [-0.2, -0.15) is 0 Å². The first-order valence-electron chi connectivity index (χ1n) is 6.78. The number of fused-ring (bicyclic) bond motifs is 1. The van der Waals surface area contributed by atoms with Gasteiger partial charge in [-0.25, -0.2) is 4.98 Å². The number of para-hydroxylation sites is 2. The van der Waals surface area contributed by atoms with E-state index in [2.05, 4.69) is 15.2 Å². The number of benzene rings is 2. The fourth-order valence-electron chi connectivity index (χ4n) is 2.34. The zero-order chi connectivity index (χ0) is 14.9. The summed E-state index contributed by atoms with van der Waals surface area (Å²) in [4.78, 5) is 4.35. The van der Waals surface area contributed by atoms with Crippen molar-refractivity contribution in [2.24, 2.45) is 0 Å². The average molecular weight is 311 g/mol. The van der Waals surface area contributed by atoms with Crippen LogP contribution in [-0.2, 0) is 6.54 Å². The average Bonchev–Trinajstić information content (AvgIpc) is 3.16. The quantitative estimate of drug-likeness (QED) is 0.577. The Balaban J connectivity index is 1.66. The minimum atomic E-state index is 0.421. The van der Waals surface area contributed by atoms with Gasteiger partial charge in [-0.15, -0.1) is 10.2 Å². The number of hydrogen-bond acceptors (Lipinski definition) is 4. The predicted molar refractivity (Wildman–Crippen MR) is 83.6 cm³/mol. The summed E-state index contributed by atoms with van der Waals surface area (Å²) in [6, 6.07) is 15.3. The SMILES string of the molecule is Clc1ccccc1-c1nnc(Cn2cnc3ccccc32)o1. The molecule has 0 unspecified atom stereocenters. The molecule has 5 nitrogen and oxygen atoms in total. The zero-order valence-electron chi connectivity index (χ0n) is 11.5. The third-order valence-electron chi connectivity index (χ3n) is 3.40. The Bertz CT molecular complexity index is 944. The van der Waals surface area contributed by atoms with Gasteiger partial charge < -0.3 is 8.98 Å². The van der Waals surface area contributed by atoms with Crippen LogP contribution in [0.5, 0.6) is 0 Å². The minimum absolute atomic E-state index is 0.421. The molecule has 6 heteroatoms. The van der Waals surface area contributed by atoms with Crippen molar-refractivity contribution in [3.8, 4) is 11.5 Å². The molecule has 0 aliphatic carbocycles. The van der Waals surface area contributed by atoms with Crippen molar-refractivity contribution >= 4 is 22.6 Å². The maximum atomic E-state index is 6.15. The van der Waals surface area contributed by atoms with Crippen LogP contribution in [0.25, 0.3) is 22.5 Å². The lowest BCUT2D eigenvalue weighted by atomic mass is 10.2. The molecule has 0 atom stereocenters. The van der Waals surface area contributed by atoms with Gasteiger partial charge in [0.25, 0.3) is 0 Å². The first-order chi connectivity index (χ1) is 10.8. The van der Waals surface area contributed by atoms with E-state index in [4.69, 9.17) is 16.0 Å². The molecule has 0 aliphatic rings. The van der Waals surface area contributed by atoms with Crippen LogP contribution in [0.1, 0.15) is 5.89 Å². The molecule has 4 rings (SSSR count). The molecule has 0 fully saturated rings. The van der Waals surface area contributed by atoms with E-state index in [9.17, 15) is 0 Å². The van der Waals surface area contributed by atoms with E-state index in [0.29, 0.717) is 23.3 Å². The van der Waals surface area contributed by atoms with Gasteiger partial charge in [0.05, 0.1) is 27.9 Å². The summed E-state index contributed by atoms with van der Waals surface area (Å²) in [7, 11) is 0. The Morgan fingerprint density at radius 2 is 1.82 bits per heavy atom. The van der Waals surface area contributed by atoms with Crippen LogP contribution in [-0.4, -0.2) is 19.7 Å². The topological polar surface area (TPSA) is 56.7 Å². The molecular weight excluding hydrogens is 300 g/mol. The molecule has 108 valence electrons. The van der Waals surface area contributed by atoms with Crippen molar-refractivity contribution in [3.05, 3.63) is 65.8 Å². The lowest BCUT2D eigenvalue weighted by molar-refractivity contribution is 0.491. The van der Waals surface area contributed by atoms with Crippen LogP contribution in [0, 0.1) is 0 Å². The van der Waals surface area contributed by atoms with E-state index in [1.165, 1.54) is 0 Å². The molecule has 2 aromatic carbocycles. The largest absolute Gasteiger partial charge is 0.419 e. The highest BCUT2D eigenvalue weighted by Gasteiger charge is 2.12. The number of aromatic nitrogens is 4. The molecule has 0 saturated heterocycles. The number of nitrogens with zero attached hydrogens (tertiary/aromatic N) is 4. The lowest BCUT2D eigenvalue weighted by Crippen LogP contribution is -1.97. The highest BCUT2D eigenvalue weighted by Crippen LogP contribution is 2.26. The molecule has 2 aromatic heterocycles. The third kappa shape index (κ3) is 2.25. The van der Waals surface area contributed by atoms with Gasteiger partial charge >= 0.3 is 0 Å². The maximum absolute atomic E-state index is 6.15. The predicted octanol–water partition coefficient (Wildman–Crippen LogP) is 3.79. The summed E-state index contributed by atoms with van der Waals surface area (Å²) in [5.74, 6) is 0.933. The van der Waals surface area contributed by atoms with Crippen molar-refractivity contribution in [1.82, 2.24) is 19.7 Å². The van der Waals surface area contributed by atoms with E-state index in [-0.39, 0.29) is 0 Å². The summed E-state index contributed by atoms with van der Waals surface area (Å²) < 4.78 is 7.69. The van der Waals surface area contributed by atoms with E-state index in [0.717, 1.165) is 16.6 Å². The first kappa shape index (κ1) is 13.0. The van der Waals surface area contributed by atoms with Crippen LogP contribution < -0.4 is 0 Å². The Hall–Kier alpha value is -2.66. The van der Waals surface area contributed by atoms with E-state index >= 15 is 0 Å². The van der Waals surface area contributed by atoms with Crippen molar-refractivity contribution in [2.45, 2.75) is 6.54 Å². The van der Waals surface area contributed by atoms with Gasteiger partial charge in [-0.05, 0) is 24.3 Å². The van der Waals surface area contributed by atoms with Gasteiger partial charge in [0.15, 0.2) is 0 Å². The van der Waals surface area contributed by atoms with Crippen LogP contribution in [0.4, 0.5) is 0 Å². The second-order valence-electron chi connectivity index (χ2n) is 4.84. The summed E-state index contributed by atoms with van der Waals surface area (Å²) in [5, 5.41) is 8.75. The second-order valence-corrected chi connectivity index (χ2v) is 5.25. The van der Waals surface area contributed by atoms with E-state index < -0.39 is 0 Å². The summed E-state index contributed by atoms with van der Waals surface area (Å²) in [6.07, 6.45) is 1.77. The number of hydrogen-bond donors (Lipinski definition) is 0. The van der Waals surface area contributed by atoms with Crippen LogP contribution in [0.2, 0.25) is 5.02 Å². The molecule has 0 N–H and O–H groups in total. The summed E-state index contributed by atoms with van der Waals surface area (Å²) in [6.45, 7) is 0.470. The molecule has 0 amide bonds. The molecule has 0 saturated carbocycles. The van der Waals surface area contributed by atoms with Crippen LogP contribution >= 0.6 is 11.6 Å². The molecule has 22 heavy (non-hydrogen) atoms. The fraction of sp³-hybridized carbons (Fsp3) is 0.0625. The Morgan fingerprint density at radius 3 is 2.73 bits per heavy atom. The standard InChI is InChI=1S/C16H11ClN4O/c17-12-6-2-1-5-11(12)16-20-19-15(22-16)9-21-10-18-13-7-3-4-8-14(13)21/h1-8,10H,9H2. The molecule has 0 radical (unpaired) electrons. The van der Waals surface area contributed by atoms with E-state index in [1.54, 1.807) is 12.4 Å². The number of rotatable bonds is 3. The number of halogens is 1. The highest BCUT2D eigenvalue weighted by molar-refractivity contribution is 6.33. The van der Waals surface area contributed by atoms with E-state index in [1.807, 2.05) is 47.0 Å². The fourth-order valence-corrected chi connectivity index (χ4v) is 2.56. The zero-order valence-corrected chi connectivity index (χ0v) is 12.2. The molecule has 2 heterocycles. The molecular formula is C16H11ClN4O. The molecule has 0 bridgehead atoms. The molecule has 4 aromatic rings. The highest BCUT2D eigenvalue weighted by atomic mass is 35.5. The lowest BCUT2D eigenvalue weighted by Gasteiger charge is -2.00. The monoisotopic (exact) mass is 310 g/mol. The van der Waals surface area contributed by atoms with Gasteiger partial charge in [-0.3, -0.25) is 0 Å². The van der Waals surface area contributed by atoms with Crippen molar-refractivity contribution in [2.75, 3.05) is 0 Å². The Labute approximate surface area is 131 Å². The Kier molecular flexibility index (Phi) is 3.12. The van der Waals surface area contributed by atoms with Gasteiger partial charge in [0.1, 0.15) is 6.54 Å². The summed E-state index contributed by atoms with van der Waals surface area (Å²) >= 11 is 6.15. The number of imidazole rings is 1. The third-order valence-corrected chi connectivity index (χ3v) is 3.73. The normalized spacial score (nSPS) is 11.1. The van der Waals surface area contributed by atoms with Crippen molar-refractivity contribution in [1.29, 1.82) is 0 Å². The molecule has 0 spiro atoms. The van der Waals surface area contributed by atoms with Gasteiger partial charge in [0.2, 0.25) is 11.8 Å². The molecule has 0 aliphatic heterocycles.